The molecule has 21 heavy (non-hydrogen) atoms. The molecule has 0 spiro atoms. The number of anilines is 3. The molecule has 0 aliphatic carbocycles. The average molecular weight is 293 g/mol. The van der Waals surface area contributed by atoms with E-state index in [0.29, 0.717) is 29.2 Å². The highest BCUT2D eigenvalue weighted by Crippen LogP contribution is 2.28. The summed E-state index contributed by atoms with van der Waals surface area (Å²) >= 11 is 0. The van der Waals surface area contributed by atoms with Gasteiger partial charge < -0.3 is 10.7 Å². The second-order valence-electron chi connectivity index (χ2n) is 4.62. The van der Waals surface area contributed by atoms with E-state index in [0.717, 1.165) is 6.42 Å². The minimum absolute atomic E-state index is 0.228. The van der Waals surface area contributed by atoms with Crippen LogP contribution in [0.25, 0.3) is 0 Å². The zero-order chi connectivity index (χ0) is 15.4. The summed E-state index contributed by atoms with van der Waals surface area (Å²) in [7, 11) is 0. The van der Waals surface area contributed by atoms with E-state index in [2.05, 4.69) is 20.7 Å². The zero-order valence-electron chi connectivity index (χ0n) is 11.9. The predicted octanol–water partition coefficient (Wildman–Crippen LogP) is 3.04. The third-order valence-corrected chi connectivity index (χ3v) is 3.11. The van der Waals surface area contributed by atoms with E-state index in [9.17, 15) is 8.78 Å². The molecule has 0 radical (unpaired) electrons. The molecule has 0 aliphatic rings. The van der Waals surface area contributed by atoms with Crippen LogP contribution in [0.4, 0.5) is 26.1 Å². The predicted molar refractivity (Wildman–Crippen MR) is 78.2 cm³/mol. The molecule has 5 nitrogen and oxygen atoms in total. The summed E-state index contributed by atoms with van der Waals surface area (Å²) in [6, 6.07) is 2.60. The molecule has 0 atom stereocenters. The summed E-state index contributed by atoms with van der Waals surface area (Å²) in [6.45, 7) is 3.55. The maximum absolute atomic E-state index is 14.1. The largest absolute Gasteiger partial charge is 0.335 e. The van der Waals surface area contributed by atoms with Crippen LogP contribution in [0.1, 0.15) is 24.5 Å². The van der Waals surface area contributed by atoms with Gasteiger partial charge in [-0.2, -0.15) is 0 Å². The van der Waals surface area contributed by atoms with Gasteiger partial charge in [-0.15, -0.1) is 0 Å². The first-order chi connectivity index (χ1) is 10.1. The molecule has 0 saturated carbocycles. The standard InChI is InChI=1S/C14H17F2N5/c1-3-4-9-13(18-7-19-14(9)21-17)20-12-10(15)6-5-8(2)11(12)16/h5-7H,3-4,17H2,1-2H3,(H2,18,19,20,21). The molecule has 1 heterocycles. The fourth-order valence-electron chi connectivity index (χ4n) is 2.02. The van der Waals surface area contributed by atoms with Gasteiger partial charge in [0, 0.05) is 5.56 Å². The van der Waals surface area contributed by atoms with Crippen molar-refractivity contribution in [1.82, 2.24) is 9.97 Å². The van der Waals surface area contributed by atoms with E-state index >= 15 is 0 Å². The van der Waals surface area contributed by atoms with Crippen LogP contribution in [0.3, 0.4) is 0 Å². The van der Waals surface area contributed by atoms with E-state index < -0.39 is 11.6 Å². The summed E-state index contributed by atoms with van der Waals surface area (Å²) < 4.78 is 27.9. The third kappa shape index (κ3) is 3.08. The molecule has 2 aromatic rings. The van der Waals surface area contributed by atoms with E-state index in [1.54, 1.807) is 6.92 Å². The number of benzene rings is 1. The Hall–Kier alpha value is -2.28. The highest BCUT2D eigenvalue weighted by Gasteiger charge is 2.16. The molecule has 0 bridgehead atoms. The van der Waals surface area contributed by atoms with Crippen LogP contribution in [0.15, 0.2) is 18.5 Å². The first-order valence-corrected chi connectivity index (χ1v) is 6.60. The molecule has 4 N–H and O–H groups in total. The number of rotatable bonds is 5. The Kier molecular flexibility index (Phi) is 4.64. The van der Waals surface area contributed by atoms with Crippen molar-refractivity contribution >= 4 is 17.3 Å². The van der Waals surface area contributed by atoms with Crippen LogP contribution >= 0.6 is 0 Å². The average Bonchev–Trinajstić information content (AvgIpc) is 2.49. The second-order valence-corrected chi connectivity index (χ2v) is 4.62. The lowest BCUT2D eigenvalue weighted by molar-refractivity contribution is 0.584. The molecule has 0 unspecified atom stereocenters. The van der Waals surface area contributed by atoms with Crippen molar-refractivity contribution < 1.29 is 8.78 Å². The van der Waals surface area contributed by atoms with Crippen molar-refractivity contribution in [3.05, 3.63) is 41.2 Å². The molecule has 112 valence electrons. The van der Waals surface area contributed by atoms with Crippen molar-refractivity contribution in [3.8, 4) is 0 Å². The number of nitrogen functional groups attached to an aromatic ring is 1. The molecule has 0 saturated heterocycles. The Labute approximate surface area is 121 Å². The molecule has 7 heteroatoms. The quantitative estimate of drug-likeness (QED) is 0.583. The fourth-order valence-corrected chi connectivity index (χ4v) is 2.02. The molecule has 0 fully saturated rings. The van der Waals surface area contributed by atoms with Crippen LogP contribution in [-0.2, 0) is 6.42 Å². The van der Waals surface area contributed by atoms with Crippen LogP contribution < -0.4 is 16.6 Å². The van der Waals surface area contributed by atoms with Gasteiger partial charge in [0.05, 0.1) is 0 Å². The van der Waals surface area contributed by atoms with Gasteiger partial charge in [-0.25, -0.2) is 24.6 Å². The van der Waals surface area contributed by atoms with Crippen molar-refractivity contribution in [2.75, 3.05) is 10.7 Å². The molecule has 2 rings (SSSR count). The Morgan fingerprint density at radius 3 is 2.57 bits per heavy atom. The van der Waals surface area contributed by atoms with E-state index in [4.69, 9.17) is 5.84 Å². The highest BCUT2D eigenvalue weighted by atomic mass is 19.1. The number of aryl methyl sites for hydroxylation is 1. The van der Waals surface area contributed by atoms with Gasteiger partial charge in [0.15, 0.2) is 5.82 Å². The van der Waals surface area contributed by atoms with E-state index in [1.807, 2.05) is 6.92 Å². The normalized spacial score (nSPS) is 10.5. The minimum atomic E-state index is -0.679. The molecule has 0 amide bonds. The van der Waals surface area contributed by atoms with E-state index in [-0.39, 0.29) is 5.69 Å². The maximum atomic E-state index is 14.1. The lowest BCUT2D eigenvalue weighted by Gasteiger charge is -2.15. The van der Waals surface area contributed by atoms with Gasteiger partial charge >= 0.3 is 0 Å². The van der Waals surface area contributed by atoms with E-state index in [1.165, 1.54) is 18.5 Å². The SMILES string of the molecule is CCCc1c(NN)ncnc1Nc1c(F)ccc(C)c1F. The number of nitrogens with two attached hydrogens (primary N) is 1. The number of hydrogen-bond acceptors (Lipinski definition) is 5. The molecule has 1 aromatic heterocycles. The number of halogens is 2. The summed E-state index contributed by atoms with van der Waals surface area (Å²) in [5.41, 5.74) is 3.27. The Balaban J connectivity index is 2.47. The van der Waals surface area contributed by atoms with Crippen molar-refractivity contribution in [1.29, 1.82) is 0 Å². The molecular weight excluding hydrogens is 276 g/mol. The summed E-state index contributed by atoms with van der Waals surface area (Å²) in [6.07, 6.45) is 2.72. The Morgan fingerprint density at radius 1 is 1.19 bits per heavy atom. The van der Waals surface area contributed by atoms with Crippen LogP contribution in [0.5, 0.6) is 0 Å². The van der Waals surface area contributed by atoms with Gasteiger partial charge in [0.25, 0.3) is 0 Å². The molecule has 1 aromatic carbocycles. The Bertz CT molecular complexity index is 646. The smallest absolute Gasteiger partial charge is 0.152 e. The number of nitrogens with one attached hydrogen (secondary N) is 2. The van der Waals surface area contributed by atoms with Gasteiger partial charge in [-0.1, -0.05) is 19.4 Å². The van der Waals surface area contributed by atoms with Crippen LogP contribution in [-0.4, -0.2) is 9.97 Å². The topological polar surface area (TPSA) is 75.9 Å². The number of nitrogens with zero attached hydrogens (tertiary/aromatic N) is 2. The van der Waals surface area contributed by atoms with Crippen LogP contribution in [0, 0.1) is 18.6 Å². The lowest BCUT2D eigenvalue weighted by atomic mass is 10.1. The third-order valence-electron chi connectivity index (χ3n) is 3.11. The van der Waals surface area contributed by atoms with Gasteiger partial charge in [0.1, 0.15) is 29.5 Å². The highest BCUT2D eigenvalue weighted by molar-refractivity contribution is 5.66. The molecular formula is C14H17F2N5. The van der Waals surface area contributed by atoms with Gasteiger partial charge in [0.2, 0.25) is 0 Å². The maximum Gasteiger partial charge on any atom is 0.152 e. The van der Waals surface area contributed by atoms with Crippen LogP contribution in [0.2, 0.25) is 0 Å². The first-order valence-electron chi connectivity index (χ1n) is 6.60. The van der Waals surface area contributed by atoms with Crippen molar-refractivity contribution in [2.45, 2.75) is 26.7 Å². The summed E-state index contributed by atoms with van der Waals surface area (Å²) in [5, 5.41) is 2.71. The molecule has 0 aliphatic heterocycles. The Morgan fingerprint density at radius 2 is 1.90 bits per heavy atom. The second kappa shape index (κ2) is 6.45. The minimum Gasteiger partial charge on any atom is -0.335 e. The monoisotopic (exact) mass is 293 g/mol. The summed E-state index contributed by atoms with van der Waals surface area (Å²) in [4.78, 5) is 8.07. The number of aromatic nitrogens is 2. The first kappa shape index (κ1) is 15.1. The number of hydrazine groups is 1. The van der Waals surface area contributed by atoms with Gasteiger partial charge in [-0.3, -0.25) is 0 Å². The summed E-state index contributed by atoms with van der Waals surface area (Å²) in [5.74, 6) is 4.86. The lowest BCUT2D eigenvalue weighted by Crippen LogP contribution is -2.14. The van der Waals surface area contributed by atoms with Gasteiger partial charge in [-0.05, 0) is 25.0 Å². The fraction of sp³-hybridized carbons (Fsp3) is 0.286. The number of hydrogen-bond donors (Lipinski definition) is 3. The van der Waals surface area contributed by atoms with Crippen molar-refractivity contribution in [2.24, 2.45) is 5.84 Å². The zero-order valence-corrected chi connectivity index (χ0v) is 11.9. The van der Waals surface area contributed by atoms with Crippen molar-refractivity contribution in [3.63, 3.8) is 0 Å².